The minimum atomic E-state index is -0.166. The number of likely N-dealkylation sites (tertiary alicyclic amines) is 1. The number of nitrogens with zero attached hydrogens (tertiary/aromatic N) is 4. The fraction of sp³-hybridized carbons (Fsp3) is 0.524. The number of anilines is 1. The van der Waals surface area contributed by atoms with Gasteiger partial charge in [-0.15, -0.1) is 11.3 Å². The van der Waals surface area contributed by atoms with Gasteiger partial charge in [0.25, 0.3) is 0 Å². The summed E-state index contributed by atoms with van der Waals surface area (Å²) >= 11 is 1.69. The lowest BCUT2D eigenvalue weighted by molar-refractivity contribution is -0.138. The van der Waals surface area contributed by atoms with Gasteiger partial charge in [0.15, 0.2) is 5.13 Å². The van der Waals surface area contributed by atoms with E-state index >= 15 is 0 Å². The molecule has 0 radical (unpaired) electrons. The van der Waals surface area contributed by atoms with Crippen LogP contribution < -0.4 is 4.90 Å². The van der Waals surface area contributed by atoms with Gasteiger partial charge in [-0.05, 0) is 31.2 Å². The minimum Gasteiger partial charge on any atom is -0.347 e. The molecule has 2 fully saturated rings. The molecule has 0 saturated carbocycles. The number of hydrogen-bond acceptors (Lipinski definition) is 5. The Morgan fingerprint density at radius 3 is 2.48 bits per heavy atom. The molecule has 0 aliphatic carbocycles. The molecule has 6 heteroatoms. The molecule has 1 unspecified atom stereocenters. The summed E-state index contributed by atoms with van der Waals surface area (Å²) in [5, 5.41) is 3.13. The van der Waals surface area contributed by atoms with Crippen LogP contribution in [0.5, 0.6) is 0 Å². The number of piperidine rings is 1. The number of benzene rings is 1. The Hall–Kier alpha value is -1.92. The van der Waals surface area contributed by atoms with Crippen molar-refractivity contribution < 1.29 is 4.79 Å². The number of thiazole rings is 1. The van der Waals surface area contributed by atoms with Gasteiger partial charge < -0.3 is 9.80 Å². The quantitative estimate of drug-likeness (QED) is 0.810. The summed E-state index contributed by atoms with van der Waals surface area (Å²) in [5.41, 5.74) is 1.12. The zero-order chi connectivity index (χ0) is 18.5. The highest BCUT2D eigenvalue weighted by molar-refractivity contribution is 7.13. The Morgan fingerprint density at radius 2 is 1.74 bits per heavy atom. The van der Waals surface area contributed by atoms with Gasteiger partial charge in [-0.1, -0.05) is 30.3 Å². The van der Waals surface area contributed by atoms with Crippen molar-refractivity contribution in [2.45, 2.75) is 31.7 Å². The number of carbonyl (C=O) groups is 1. The zero-order valence-electron chi connectivity index (χ0n) is 15.8. The number of carbonyl (C=O) groups excluding carboxylic acids is 1. The molecule has 0 N–H and O–H groups in total. The highest BCUT2D eigenvalue weighted by Crippen LogP contribution is 2.27. The van der Waals surface area contributed by atoms with E-state index in [2.05, 4.69) is 31.8 Å². The van der Waals surface area contributed by atoms with Crippen molar-refractivity contribution >= 4 is 22.4 Å². The average Bonchev–Trinajstić information content (AvgIpc) is 3.16. The van der Waals surface area contributed by atoms with E-state index in [1.54, 1.807) is 11.3 Å². The molecule has 1 aromatic carbocycles. The van der Waals surface area contributed by atoms with E-state index in [0.717, 1.165) is 69.2 Å². The van der Waals surface area contributed by atoms with Crippen molar-refractivity contribution in [3.8, 4) is 0 Å². The average molecular weight is 385 g/mol. The number of hydrogen-bond donors (Lipinski definition) is 0. The lowest BCUT2D eigenvalue weighted by Gasteiger charge is -2.36. The molecule has 0 spiro atoms. The standard InChI is InChI=1S/C21H28N4OS/c26-20(24-11-5-2-6-12-24)19(18-8-3-1-4-9-18)23-13-7-14-25(16-15-23)21-22-10-17-27-21/h1,3-4,8-10,17,19H,2,5-7,11-16H2. The molecule has 1 aromatic heterocycles. The minimum absolute atomic E-state index is 0.166. The van der Waals surface area contributed by atoms with E-state index in [1.165, 1.54) is 6.42 Å². The van der Waals surface area contributed by atoms with E-state index < -0.39 is 0 Å². The Balaban J connectivity index is 1.54. The van der Waals surface area contributed by atoms with Gasteiger partial charge in [0, 0.05) is 50.8 Å². The first-order chi connectivity index (χ1) is 13.3. The zero-order valence-corrected chi connectivity index (χ0v) is 16.6. The highest BCUT2D eigenvalue weighted by Gasteiger charge is 2.33. The largest absolute Gasteiger partial charge is 0.347 e. The predicted octanol–water partition coefficient (Wildman–Crippen LogP) is 3.41. The van der Waals surface area contributed by atoms with Crippen LogP contribution in [0, 0.1) is 0 Å². The van der Waals surface area contributed by atoms with Crippen LogP contribution in [0.3, 0.4) is 0 Å². The molecule has 27 heavy (non-hydrogen) atoms. The van der Waals surface area contributed by atoms with Crippen molar-refractivity contribution in [2.75, 3.05) is 44.2 Å². The summed E-state index contributed by atoms with van der Waals surface area (Å²) < 4.78 is 0. The Bertz CT molecular complexity index is 715. The smallest absolute Gasteiger partial charge is 0.244 e. The number of rotatable bonds is 4. The molecule has 4 rings (SSSR count). The molecule has 144 valence electrons. The van der Waals surface area contributed by atoms with Crippen molar-refractivity contribution in [3.05, 3.63) is 47.5 Å². The molecule has 2 saturated heterocycles. The summed E-state index contributed by atoms with van der Waals surface area (Å²) in [5.74, 6) is 0.281. The maximum Gasteiger partial charge on any atom is 0.244 e. The second-order valence-corrected chi connectivity index (χ2v) is 8.26. The van der Waals surface area contributed by atoms with Gasteiger partial charge in [-0.25, -0.2) is 4.98 Å². The lowest BCUT2D eigenvalue weighted by Crippen LogP contribution is -2.46. The first-order valence-corrected chi connectivity index (χ1v) is 10.9. The lowest BCUT2D eigenvalue weighted by atomic mass is 10.0. The predicted molar refractivity (Wildman–Crippen MR) is 110 cm³/mol. The molecule has 3 heterocycles. The molecule has 1 atom stereocenters. The van der Waals surface area contributed by atoms with Gasteiger partial charge in [0.2, 0.25) is 5.91 Å². The van der Waals surface area contributed by atoms with Gasteiger partial charge in [0.1, 0.15) is 6.04 Å². The summed E-state index contributed by atoms with van der Waals surface area (Å²) in [7, 11) is 0. The topological polar surface area (TPSA) is 39.7 Å². The Morgan fingerprint density at radius 1 is 0.926 bits per heavy atom. The monoisotopic (exact) mass is 384 g/mol. The summed E-state index contributed by atoms with van der Waals surface area (Å²) in [6.07, 6.45) is 6.42. The number of amides is 1. The molecule has 2 aliphatic heterocycles. The van der Waals surface area contributed by atoms with Crippen LogP contribution in [0.25, 0.3) is 0 Å². The second kappa shape index (κ2) is 8.85. The van der Waals surface area contributed by atoms with Crippen molar-refractivity contribution in [1.82, 2.24) is 14.8 Å². The van der Waals surface area contributed by atoms with Gasteiger partial charge in [-0.3, -0.25) is 9.69 Å². The van der Waals surface area contributed by atoms with E-state index in [0.29, 0.717) is 0 Å². The molecule has 1 amide bonds. The summed E-state index contributed by atoms with van der Waals surface area (Å²) in [6.45, 7) is 5.57. The molecule has 2 aliphatic rings. The van der Waals surface area contributed by atoms with Crippen molar-refractivity contribution in [2.24, 2.45) is 0 Å². The third-order valence-electron chi connectivity index (χ3n) is 5.60. The van der Waals surface area contributed by atoms with Crippen LogP contribution in [0.2, 0.25) is 0 Å². The van der Waals surface area contributed by atoms with Crippen LogP contribution in [-0.4, -0.2) is 60.0 Å². The van der Waals surface area contributed by atoms with Crippen LogP contribution in [0.4, 0.5) is 5.13 Å². The molecule has 0 bridgehead atoms. The summed E-state index contributed by atoms with van der Waals surface area (Å²) in [6, 6.07) is 10.2. The fourth-order valence-corrected chi connectivity index (χ4v) is 4.89. The van der Waals surface area contributed by atoms with E-state index in [-0.39, 0.29) is 11.9 Å². The van der Waals surface area contributed by atoms with Gasteiger partial charge >= 0.3 is 0 Å². The normalized spacial score (nSPS) is 20.3. The van der Waals surface area contributed by atoms with Gasteiger partial charge in [-0.2, -0.15) is 0 Å². The van der Waals surface area contributed by atoms with Gasteiger partial charge in [0.05, 0.1) is 0 Å². The van der Waals surface area contributed by atoms with E-state index in [9.17, 15) is 4.79 Å². The maximum absolute atomic E-state index is 13.5. The Labute approximate surface area is 165 Å². The van der Waals surface area contributed by atoms with E-state index in [4.69, 9.17) is 0 Å². The summed E-state index contributed by atoms with van der Waals surface area (Å²) in [4.78, 5) is 24.8. The van der Waals surface area contributed by atoms with Crippen LogP contribution >= 0.6 is 11.3 Å². The second-order valence-electron chi connectivity index (χ2n) is 7.39. The Kier molecular flexibility index (Phi) is 6.04. The molecule has 5 nitrogen and oxygen atoms in total. The SMILES string of the molecule is O=C(C(c1ccccc1)N1CCCN(c2nccs2)CC1)N1CCCCC1. The van der Waals surface area contributed by atoms with Crippen molar-refractivity contribution in [3.63, 3.8) is 0 Å². The maximum atomic E-state index is 13.5. The number of aromatic nitrogens is 1. The third-order valence-corrected chi connectivity index (χ3v) is 6.43. The van der Waals surface area contributed by atoms with Crippen LogP contribution in [0.15, 0.2) is 41.9 Å². The molecule has 2 aromatic rings. The first kappa shape index (κ1) is 18.4. The molecular formula is C21H28N4OS. The fourth-order valence-electron chi connectivity index (χ4n) is 4.19. The molecular weight excluding hydrogens is 356 g/mol. The van der Waals surface area contributed by atoms with Crippen LogP contribution in [0.1, 0.15) is 37.3 Å². The van der Waals surface area contributed by atoms with Crippen LogP contribution in [-0.2, 0) is 4.79 Å². The van der Waals surface area contributed by atoms with Crippen molar-refractivity contribution in [1.29, 1.82) is 0 Å². The highest BCUT2D eigenvalue weighted by atomic mass is 32.1. The third kappa shape index (κ3) is 4.33. The van der Waals surface area contributed by atoms with E-state index in [1.807, 2.05) is 29.8 Å². The first-order valence-electron chi connectivity index (χ1n) is 10.0.